The summed E-state index contributed by atoms with van der Waals surface area (Å²) in [5.41, 5.74) is 2.74. The molecule has 0 aromatic rings. The third kappa shape index (κ3) is 2.31. The molecule has 12 heavy (non-hydrogen) atoms. The van der Waals surface area contributed by atoms with Gasteiger partial charge in [-0.15, -0.1) is 11.6 Å². The SMILES string of the molecule is CCOC1OC1C(Cl)N(C)NC. The first-order valence-corrected chi connectivity index (χ1v) is 4.45. The van der Waals surface area contributed by atoms with Crippen LogP contribution in [0.3, 0.4) is 0 Å². The van der Waals surface area contributed by atoms with Crippen LogP contribution in [-0.4, -0.2) is 43.6 Å². The van der Waals surface area contributed by atoms with Crippen LogP contribution in [0, 0.1) is 0 Å². The molecular weight excluding hydrogens is 180 g/mol. The van der Waals surface area contributed by atoms with E-state index in [9.17, 15) is 0 Å². The molecule has 0 amide bonds. The van der Waals surface area contributed by atoms with E-state index >= 15 is 0 Å². The van der Waals surface area contributed by atoms with E-state index < -0.39 is 0 Å². The molecule has 72 valence electrons. The molecule has 1 aliphatic heterocycles. The zero-order valence-electron chi connectivity index (χ0n) is 7.58. The largest absolute Gasteiger partial charge is 0.350 e. The van der Waals surface area contributed by atoms with Gasteiger partial charge in [0.15, 0.2) is 6.29 Å². The fourth-order valence-electron chi connectivity index (χ4n) is 0.946. The van der Waals surface area contributed by atoms with Crippen LogP contribution in [0.2, 0.25) is 0 Å². The lowest BCUT2D eigenvalue weighted by Gasteiger charge is -2.19. The van der Waals surface area contributed by atoms with Crippen molar-refractivity contribution in [1.82, 2.24) is 10.4 Å². The average Bonchev–Trinajstić information content (AvgIpc) is 2.82. The summed E-state index contributed by atoms with van der Waals surface area (Å²) in [6, 6.07) is 0. The molecule has 5 heteroatoms. The summed E-state index contributed by atoms with van der Waals surface area (Å²) in [6.07, 6.45) is -0.127. The third-order valence-corrected chi connectivity index (χ3v) is 2.35. The number of hydrogen-bond acceptors (Lipinski definition) is 4. The summed E-state index contributed by atoms with van der Waals surface area (Å²) in [7, 11) is 3.68. The van der Waals surface area contributed by atoms with Gasteiger partial charge in [-0.3, -0.25) is 5.43 Å². The van der Waals surface area contributed by atoms with Crippen molar-refractivity contribution in [1.29, 1.82) is 0 Å². The minimum Gasteiger partial charge on any atom is -0.350 e. The second-order valence-electron chi connectivity index (χ2n) is 2.63. The first-order valence-electron chi connectivity index (χ1n) is 4.02. The fraction of sp³-hybridized carbons (Fsp3) is 1.00. The van der Waals surface area contributed by atoms with Crippen molar-refractivity contribution in [2.24, 2.45) is 0 Å². The Kier molecular flexibility index (Phi) is 3.74. The van der Waals surface area contributed by atoms with Crippen LogP contribution in [0.5, 0.6) is 0 Å². The zero-order valence-corrected chi connectivity index (χ0v) is 8.34. The van der Waals surface area contributed by atoms with Crippen LogP contribution < -0.4 is 5.43 Å². The Balaban J connectivity index is 2.23. The highest BCUT2D eigenvalue weighted by Gasteiger charge is 2.46. The Bertz CT molecular complexity index is 147. The Morgan fingerprint density at radius 3 is 2.92 bits per heavy atom. The van der Waals surface area contributed by atoms with E-state index in [4.69, 9.17) is 21.1 Å². The molecule has 1 saturated heterocycles. The number of rotatable bonds is 5. The normalized spacial score (nSPS) is 30.8. The van der Waals surface area contributed by atoms with Crippen molar-refractivity contribution in [2.75, 3.05) is 20.7 Å². The molecular formula is C7H15ClN2O2. The van der Waals surface area contributed by atoms with Crippen molar-refractivity contribution in [3.05, 3.63) is 0 Å². The Morgan fingerprint density at radius 2 is 2.42 bits per heavy atom. The lowest BCUT2D eigenvalue weighted by Crippen LogP contribution is -2.40. The minimum atomic E-state index is -0.174. The topological polar surface area (TPSA) is 37.0 Å². The predicted octanol–water partition coefficient (Wildman–Crippen LogP) is 0.379. The third-order valence-electron chi connectivity index (χ3n) is 1.81. The van der Waals surface area contributed by atoms with Gasteiger partial charge in [0.2, 0.25) is 0 Å². The van der Waals surface area contributed by atoms with Gasteiger partial charge in [0.1, 0.15) is 11.6 Å². The second-order valence-corrected chi connectivity index (χ2v) is 3.08. The van der Waals surface area contributed by atoms with E-state index in [0.717, 1.165) is 0 Å². The number of ether oxygens (including phenoxy) is 2. The van der Waals surface area contributed by atoms with Crippen LogP contribution in [0.15, 0.2) is 0 Å². The summed E-state index contributed by atoms with van der Waals surface area (Å²) in [5, 5.41) is 1.78. The molecule has 0 aliphatic carbocycles. The Labute approximate surface area is 77.7 Å². The van der Waals surface area contributed by atoms with E-state index in [0.29, 0.717) is 6.61 Å². The number of alkyl halides is 1. The van der Waals surface area contributed by atoms with Gasteiger partial charge in [-0.25, -0.2) is 5.01 Å². The number of hydrogen-bond donors (Lipinski definition) is 1. The molecule has 1 rings (SSSR count). The highest BCUT2D eigenvalue weighted by atomic mass is 35.5. The van der Waals surface area contributed by atoms with Gasteiger partial charge < -0.3 is 9.47 Å². The fourth-order valence-corrected chi connectivity index (χ4v) is 1.22. The average molecular weight is 195 g/mol. The van der Waals surface area contributed by atoms with Gasteiger partial charge in [0, 0.05) is 13.7 Å². The van der Waals surface area contributed by atoms with Crippen molar-refractivity contribution in [3.8, 4) is 0 Å². The molecule has 0 aromatic carbocycles. The van der Waals surface area contributed by atoms with Crippen molar-refractivity contribution in [2.45, 2.75) is 24.8 Å². The maximum atomic E-state index is 6.02. The van der Waals surface area contributed by atoms with Gasteiger partial charge in [-0.2, -0.15) is 0 Å². The van der Waals surface area contributed by atoms with Gasteiger partial charge in [0.25, 0.3) is 0 Å². The van der Waals surface area contributed by atoms with Crippen LogP contribution in [0.1, 0.15) is 6.92 Å². The molecule has 0 bridgehead atoms. The lowest BCUT2D eigenvalue weighted by atomic mass is 10.4. The maximum absolute atomic E-state index is 6.02. The first kappa shape index (κ1) is 10.2. The maximum Gasteiger partial charge on any atom is 0.187 e. The molecule has 1 aliphatic rings. The van der Waals surface area contributed by atoms with E-state index in [1.165, 1.54) is 0 Å². The molecule has 1 fully saturated rings. The highest BCUT2D eigenvalue weighted by molar-refractivity contribution is 6.20. The highest BCUT2D eigenvalue weighted by Crippen LogP contribution is 2.30. The molecule has 3 unspecified atom stereocenters. The summed E-state index contributed by atoms with van der Waals surface area (Å²) in [4.78, 5) is 0. The molecule has 0 spiro atoms. The van der Waals surface area contributed by atoms with E-state index in [2.05, 4.69) is 5.43 Å². The Morgan fingerprint density at radius 1 is 1.75 bits per heavy atom. The summed E-state index contributed by atoms with van der Waals surface area (Å²) in [6.45, 7) is 2.60. The van der Waals surface area contributed by atoms with E-state index in [1.54, 1.807) is 5.01 Å². The van der Waals surface area contributed by atoms with Crippen LogP contribution in [0.25, 0.3) is 0 Å². The van der Waals surface area contributed by atoms with Crippen molar-refractivity contribution >= 4 is 11.6 Å². The predicted molar refractivity (Wildman–Crippen MR) is 46.8 cm³/mol. The molecule has 0 saturated carbocycles. The number of hydrazine groups is 1. The molecule has 1 N–H and O–H groups in total. The van der Waals surface area contributed by atoms with E-state index in [-0.39, 0.29) is 17.9 Å². The van der Waals surface area contributed by atoms with Gasteiger partial charge in [-0.1, -0.05) is 0 Å². The molecule has 0 radical (unpaired) electrons. The number of halogens is 1. The first-order chi connectivity index (χ1) is 5.70. The number of likely N-dealkylation sites (N-methyl/N-ethyl adjacent to an activating group) is 1. The minimum absolute atomic E-state index is 0.0101. The van der Waals surface area contributed by atoms with E-state index in [1.807, 2.05) is 21.0 Å². The zero-order chi connectivity index (χ0) is 9.14. The standard InChI is InChI=1S/C7H15ClN2O2/c1-4-11-7-5(12-7)6(8)10(3)9-2/h5-7,9H,4H2,1-3H3. The second kappa shape index (κ2) is 4.39. The van der Waals surface area contributed by atoms with Crippen molar-refractivity contribution in [3.63, 3.8) is 0 Å². The van der Waals surface area contributed by atoms with Crippen LogP contribution in [-0.2, 0) is 9.47 Å². The summed E-state index contributed by atoms with van der Waals surface area (Å²) < 4.78 is 10.4. The van der Waals surface area contributed by atoms with Gasteiger partial charge >= 0.3 is 0 Å². The molecule has 3 atom stereocenters. The summed E-state index contributed by atoms with van der Waals surface area (Å²) >= 11 is 6.02. The number of nitrogens with one attached hydrogen (secondary N) is 1. The monoisotopic (exact) mass is 194 g/mol. The number of nitrogens with zero attached hydrogens (tertiary/aromatic N) is 1. The van der Waals surface area contributed by atoms with Gasteiger partial charge in [0.05, 0.1) is 0 Å². The molecule has 0 aromatic heterocycles. The lowest BCUT2D eigenvalue weighted by molar-refractivity contribution is 0.0592. The smallest absolute Gasteiger partial charge is 0.187 e. The quantitative estimate of drug-likeness (QED) is 0.297. The Hall–Kier alpha value is 0.130. The molecule has 1 heterocycles. The molecule has 4 nitrogen and oxygen atoms in total. The number of epoxide rings is 1. The van der Waals surface area contributed by atoms with Crippen molar-refractivity contribution < 1.29 is 9.47 Å². The van der Waals surface area contributed by atoms with Crippen LogP contribution >= 0.6 is 11.6 Å². The van der Waals surface area contributed by atoms with Crippen LogP contribution in [0.4, 0.5) is 0 Å². The van der Waals surface area contributed by atoms with Gasteiger partial charge in [-0.05, 0) is 14.0 Å². The summed E-state index contributed by atoms with van der Waals surface area (Å²) in [5.74, 6) is 0.